The first-order valence-corrected chi connectivity index (χ1v) is 3.86. The quantitative estimate of drug-likeness (QED) is 0.747. The first-order chi connectivity index (χ1) is 6.73. The lowest BCUT2D eigenvalue weighted by Crippen LogP contribution is -2.15. The van der Waals surface area contributed by atoms with Gasteiger partial charge in [0.2, 0.25) is 0 Å². The van der Waals surface area contributed by atoms with E-state index in [-0.39, 0.29) is 5.69 Å². The minimum absolute atomic E-state index is 0.0239. The molecule has 1 rings (SSSR count). The van der Waals surface area contributed by atoms with Crippen molar-refractivity contribution in [1.29, 1.82) is 0 Å². The Labute approximate surface area is 81.9 Å². The van der Waals surface area contributed by atoms with E-state index in [9.17, 15) is 22.0 Å². The fourth-order valence-electron chi connectivity index (χ4n) is 1.19. The highest BCUT2D eigenvalue weighted by Crippen LogP contribution is 2.39. The monoisotopic (exact) mass is 226 g/mol. The predicted octanol–water partition coefficient (Wildman–Crippen LogP) is 2.93. The molecule has 0 fully saturated rings. The molecule has 0 aromatic carbocycles. The summed E-state index contributed by atoms with van der Waals surface area (Å²) in [5, 5.41) is 0. The molecule has 0 unspecified atom stereocenters. The van der Waals surface area contributed by atoms with Crippen LogP contribution in [0.5, 0.6) is 0 Å². The summed E-state index contributed by atoms with van der Waals surface area (Å²) in [6.07, 6.45) is -8.22. The van der Waals surface area contributed by atoms with Crippen molar-refractivity contribution in [2.24, 2.45) is 0 Å². The van der Waals surface area contributed by atoms with E-state index < -0.39 is 29.5 Å². The van der Waals surface area contributed by atoms with E-state index in [1.807, 2.05) is 0 Å². The van der Waals surface area contributed by atoms with Crippen LogP contribution in [-0.2, 0) is 6.18 Å². The number of nitrogen functional groups attached to an aromatic ring is 1. The van der Waals surface area contributed by atoms with Crippen molar-refractivity contribution in [3.8, 4) is 0 Å². The van der Waals surface area contributed by atoms with Gasteiger partial charge in [0.1, 0.15) is 11.3 Å². The number of halogens is 5. The van der Waals surface area contributed by atoms with E-state index in [1.54, 1.807) is 0 Å². The molecule has 0 radical (unpaired) electrons. The van der Waals surface area contributed by atoms with Gasteiger partial charge in [0, 0.05) is 11.4 Å². The number of pyridine rings is 1. The second-order valence-corrected chi connectivity index (χ2v) is 2.91. The zero-order valence-electron chi connectivity index (χ0n) is 7.57. The van der Waals surface area contributed by atoms with E-state index in [4.69, 9.17) is 5.73 Å². The summed E-state index contributed by atoms with van der Waals surface area (Å²) >= 11 is 0. The van der Waals surface area contributed by atoms with Gasteiger partial charge < -0.3 is 5.73 Å². The molecule has 2 N–H and O–H groups in total. The van der Waals surface area contributed by atoms with Crippen LogP contribution in [0.1, 0.15) is 23.4 Å². The van der Waals surface area contributed by atoms with Crippen molar-refractivity contribution in [2.75, 3.05) is 5.73 Å². The fourth-order valence-corrected chi connectivity index (χ4v) is 1.19. The Morgan fingerprint density at radius 1 is 1.33 bits per heavy atom. The molecule has 15 heavy (non-hydrogen) atoms. The number of alkyl halides is 5. The van der Waals surface area contributed by atoms with Gasteiger partial charge in [-0.15, -0.1) is 0 Å². The lowest BCUT2D eigenvalue weighted by atomic mass is 10.1. The first-order valence-electron chi connectivity index (χ1n) is 3.86. The second-order valence-electron chi connectivity index (χ2n) is 2.91. The molecule has 0 spiro atoms. The largest absolute Gasteiger partial charge is 0.420 e. The molecule has 0 aliphatic heterocycles. The molecule has 2 nitrogen and oxygen atoms in total. The van der Waals surface area contributed by atoms with Gasteiger partial charge in [-0.3, -0.25) is 4.98 Å². The highest BCUT2D eigenvalue weighted by Gasteiger charge is 2.39. The summed E-state index contributed by atoms with van der Waals surface area (Å²) in [5.41, 5.74) is 1.47. The van der Waals surface area contributed by atoms with Gasteiger partial charge in [-0.05, 0) is 13.0 Å². The standard InChI is InChI=1S/C8H7F5N2/c1-3-2-4(14)5(8(11,12)13)6(15-3)7(9)10/h2,7H,1H3,(H2,14,15). The number of nitrogens with zero attached hydrogens (tertiary/aromatic N) is 1. The molecule has 0 bridgehead atoms. The molecule has 1 heterocycles. The number of aryl methyl sites for hydroxylation is 1. The third kappa shape index (κ3) is 2.34. The molecule has 0 amide bonds. The van der Waals surface area contributed by atoms with Gasteiger partial charge in [-0.2, -0.15) is 13.2 Å². The highest BCUT2D eigenvalue weighted by molar-refractivity contribution is 5.51. The molecule has 1 aromatic heterocycles. The molecular formula is C8H7F5N2. The first kappa shape index (κ1) is 11.7. The van der Waals surface area contributed by atoms with E-state index in [0.717, 1.165) is 6.07 Å². The maximum absolute atomic E-state index is 12.3. The van der Waals surface area contributed by atoms with Crippen molar-refractivity contribution in [3.05, 3.63) is 23.0 Å². The second kappa shape index (κ2) is 3.63. The predicted molar refractivity (Wildman–Crippen MR) is 43.3 cm³/mol. The summed E-state index contributed by atoms with van der Waals surface area (Å²) in [7, 11) is 0. The summed E-state index contributed by atoms with van der Waals surface area (Å²) < 4.78 is 61.6. The van der Waals surface area contributed by atoms with Crippen molar-refractivity contribution < 1.29 is 22.0 Å². The van der Waals surface area contributed by atoms with Gasteiger partial charge in [0.05, 0.1) is 0 Å². The molecule has 0 saturated carbocycles. The topological polar surface area (TPSA) is 38.9 Å². The number of anilines is 1. The maximum Gasteiger partial charge on any atom is 0.420 e. The Kier molecular flexibility index (Phi) is 2.83. The van der Waals surface area contributed by atoms with Crippen molar-refractivity contribution in [1.82, 2.24) is 4.98 Å². The fraction of sp³-hybridized carbons (Fsp3) is 0.375. The van der Waals surface area contributed by atoms with E-state index in [2.05, 4.69) is 4.98 Å². The van der Waals surface area contributed by atoms with Crippen LogP contribution in [0, 0.1) is 6.92 Å². The minimum Gasteiger partial charge on any atom is -0.398 e. The van der Waals surface area contributed by atoms with Gasteiger partial charge in [-0.25, -0.2) is 8.78 Å². The van der Waals surface area contributed by atoms with Gasteiger partial charge >= 0.3 is 6.18 Å². The third-order valence-corrected chi connectivity index (χ3v) is 1.70. The van der Waals surface area contributed by atoms with Gasteiger partial charge in [0.15, 0.2) is 0 Å². The number of rotatable bonds is 1. The highest BCUT2D eigenvalue weighted by atomic mass is 19.4. The Bertz CT molecular complexity index is 372. The minimum atomic E-state index is -4.92. The van der Waals surface area contributed by atoms with Crippen LogP contribution < -0.4 is 5.73 Å². The molecule has 0 atom stereocenters. The zero-order valence-corrected chi connectivity index (χ0v) is 7.57. The van der Waals surface area contributed by atoms with Crippen molar-refractivity contribution in [3.63, 3.8) is 0 Å². The number of hydrogen-bond donors (Lipinski definition) is 1. The molecule has 84 valence electrons. The third-order valence-electron chi connectivity index (χ3n) is 1.70. The molecular weight excluding hydrogens is 219 g/mol. The normalized spacial score (nSPS) is 12.2. The van der Waals surface area contributed by atoms with Crippen molar-refractivity contribution >= 4 is 5.69 Å². The number of aromatic nitrogens is 1. The number of nitrogens with two attached hydrogens (primary N) is 1. The molecule has 0 aliphatic rings. The van der Waals surface area contributed by atoms with Crippen LogP contribution in [0.15, 0.2) is 6.07 Å². The SMILES string of the molecule is Cc1cc(N)c(C(F)(F)F)c(C(F)F)n1. The smallest absolute Gasteiger partial charge is 0.398 e. The lowest BCUT2D eigenvalue weighted by molar-refractivity contribution is -0.139. The lowest BCUT2D eigenvalue weighted by Gasteiger charge is -2.14. The Morgan fingerprint density at radius 3 is 2.27 bits per heavy atom. The Morgan fingerprint density at radius 2 is 1.87 bits per heavy atom. The van der Waals surface area contributed by atoms with Crippen LogP contribution in [0.4, 0.5) is 27.6 Å². The van der Waals surface area contributed by atoms with Gasteiger partial charge in [-0.1, -0.05) is 0 Å². The average Bonchev–Trinajstić information content (AvgIpc) is 1.99. The average molecular weight is 226 g/mol. The van der Waals surface area contributed by atoms with Crippen LogP contribution >= 0.6 is 0 Å². The van der Waals surface area contributed by atoms with Gasteiger partial charge in [0.25, 0.3) is 6.43 Å². The molecule has 0 aliphatic carbocycles. The van der Waals surface area contributed by atoms with Crippen LogP contribution in [-0.4, -0.2) is 4.98 Å². The summed E-state index contributed by atoms with van der Waals surface area (Å²) in [6, 6.07) is 0.911. The van der Waals surface area contributed by atoms with E-state index >= 15 is 0 Å². The summed E-state index contributed by atoms with van der Waals surface area (Å²) in [4.78, 5) is 3.15. The van der Waals surface area contributed by atoms with Crippen LogP contribution in [0.2, 0.25) is 0 Å². The Balaban J connectivity index is 3.48. The van der Waals surface area contributed by atoms with Crippen molar-refractivity contribution in [2.45, 2.75) is 19.5 Å². The van der Waals surface area contributed by atoms with E-state index in [0.29, 0.717) is 0 Å². The van der Waals surface area contributed by atoms with E-state index in [1.165, 1.54) is 6.92 Å². The molecule has 7 heteroatoms. The molecule has 0 saturated heterocycles. The summed E-state index contributed by atoms with van der Waals surface area (Å²) in [5.74, 6) is 0. The van der Waals surface area contributed by atoms with Crippen LogP contribution in [0.3, 0.4) is 0 Å². The van der Waals surface area contributed by atoms with Crippen LogP contribution in [0.25, 0.3) is 0 Å². The number of hydrogen-bond acceptors (Lipinski definition) is 2. The Hall–Kier alpha value is -1.40. The summed E-state index contributed by atoms with van der Waals surface area (Å²) in [6.45, 7) is 1.29. The zero-order chi connectivity index (χ0) is 11.8. The maximum atomic E-state index is 12.3. The molecule has 1 aromatic rings.